The van der Waals surface area contributed by atoms with Crippen LogP contribution in [0.3, 0.4) is 0 Å². The van der Waals surface area contributed by atoms with Crippen molar-refractivity contribution in [2.75, 3.05) is 5.32 Å². The summed E-state index contributed by atoms with van der Waals surface area (Å²) in [5.41, 5.74) is 2.75. The van der Waals surface area contributed by atoms with Crippen LogP contribution in [0.1, 0.15) is 30.1 Å². The van der Waals surface area contributed by atoms with Gasteiger partial charge in [0.15, 0.2) is 0 Å². The van der Waals surface area contributed by atoms with Crippen LogP contribution in [0.2, 0.25) is 0 Å². The van der Waals surface area contributed by atoms with Gasteiger partial charge in [-0.25, -0.2) is 9.37 Å². The largest absolute Gasteiger partial charge is 0.490 e. The van der Waals surface area contributed by atoms with Crippen LogP contribution in [0.5, 0.6) is 5.75 Å². The summed E-state index contributed by atoms with van der Waals surface area (Å²) in [6, 6.07) is 14.9. The highest BCUT2D eigenvalue weighted by molar-refractivity contribution is 6.05. The number of ether oxygens (including phenoxy) is 1. The van der Waals surface area contributed by atoms with Gasteiger partial charge in [0.05, 0.1) is 17.4 Å². The molecule has 8 heteroatoms. The third-order valence-electron chi connectivity index (χ3n) is 5.41. The smallest absolute Gasteiger partial charge is 0.258 e. The molecule has 1 atom stereocenters. The normalized spacial score (nSPS) is 14.4. The molecule has 156 valence electrons. The van der Waals surface area contributed by atoms with Gasteiger partial charge in [0.1, 0.15) is 17.1 Å². The molecular weight excluding hydrogens is 397 g/mol. The molecule has 7 nitrogen and oxygen atoms in total. The van der Waals surface area contributed by atoms with Crippen LogP contribution in [-0.4, -0.2) is 32.4 Å². The van der Waals surface area contributed by atoms with E-state index in [2.05, 4.69) is 32.6 Å². The van der Waals surface area contributed by atoms with Gasteiger partial charge >= 0.3 is 0 Å². The molecule has 0 bridgehead atoms. The topological polar surface area (TPSA) is 92.8 Å². The minimum absolute atomic E-state index is 0.0674. The van der Waals surface area contributed by atoms with Gasteiger partial charge in [0.25, 0.3) is 5.91 Å². The molecule has 2 aromatic carbocycles. The molecule has 2 heterocycles. The van der Waals surface area contributed by atoms with Crippen LogP contribution >= 0.6 is 0 Å². The lowest BCUT2D eigenvalue weighted by atomic mass is 10.1. The minimum Gasteiger partial charge on any atom is -0.490 e. The number of nitrogens with one attached hydrogen (secondary N) is 2. The zero-order chi connectivity index (χ0) is 21.4. The zero-order valence-electron chi connectivity index (χ0n) is 16.8. The van der Waals surface area contributed by atoms with Gasteiger partial charge < -0.3 is 10.1 Å². The predicted molar refractivity (Wildman–Crippen MR) is 114 cm³/mol. The van der Waals surface area contributed by atoms with Crippen LogP contribution in [-0.2, 0) is 0 Å². The number of nitrogens with zero attached hydrogens (tertiary/aromatic N) is 3. The number of aromatic amines is 1. The van der Waals surface area contributed by atoms with Crippen LogP contribution in [0, 0.1) is 11.7 Å². The SMILES string of the molecule is C[C@H](Oc1ccc(NC(=O)c2cc(-c3ccc4n[nH]nc4n3)ccc2F)cc1)C1CC1. The van der Waals surface area contributed by atoms with Crippen molar-refractivity contribution in [1.29, 1.82) is 0 Å². The summed E-state index contributed by atoms with van der Waals surface area (Å²) in [6.07, 6.45) is 2.60. The van der Waals surface area contributed by atoms with Crippen molar-refractivity contribution in [3.8, 4) is 17.0 Å². The lowest BCUT2D eigenvalue weighted by Gasteiger charge is -2.14. The number of carbonyl (C=O) groups excluding carboxylic acids is 1. The second kappa shape index (κ2) is 7.79. The highest BCUT2D eigenvalue weighted by atomic mass is 19.1. The molecule has 0 unspecified atom stereocenters. The van der Waals surface area contributed by atoms with Crippen molar-refractivity contribution < 1.29 is 13.9 Å². The fourth-order valence-corrected chi connectivity index (χ4v) is 3.45. The highest BCUT2D eigenvalue weighted by Crippen LogP contribution is 2.34. The molecule has 1 amide bonds. The molecule has 0 radical (unpaired) electrons. The number of rotatable bonds is 6. The Morgan fingerprint density at radius 2 is 1.94 bits per heavy atom. The van der Waals surface area contributed by atoms with Crippen molar-refractivity contribution in [3.63, 3.8) is 0 Å². The van der Waals surface area contributed by atoms with Gasteiger partial charge in [-0.3, -0.25) is 4.79 Å². The fraction of sp³-hybridized carbons (Fsp3) is 0.217. The number of pyridine rings is 1. The Bertz CT molecular complexity index is 1250. The molecule has 5 rings (SSSR count). The molecule has 1 aliphatic rings. The van der Waals surface area contributed by atoms with Crippen molar-refractivity contribution in [2.24, 2.45) is 5.92 Å². The van der Waals surface area contributed by atoms with E-state index >= 15 is 0 Å². The average Bonchev–Trinajstić information content (AvgIpc) is 3.53. The number of benzene rings is 2. The number of hydrogen-bond acceptors (Lipinski definition) is 5. The van der Waals surface area contributed by atoms with E-state index in [0.29, 0.717) is 34.0 Å². The number of H-pyrrole nitrogens is 1. The maximum absolute atomic E-state index is 14.4. The Morgan fingerprint density at radius 3 is 2.71 bits per heavy atom. The standard InChI is InChI=1S/C23H20FN5O2/c1-13(14-2-3-14)31-17-7-5-16(6-8-17)25-23(30)18-12-15(4-9-19(18)24)20-10-11-21-22(26-20)28-29-27-21/h4-14H,2-3H2,1H3,(H,25,30)(H,26,27,28,29)/t13-/m0/s1. The quantitative estimate of drug-likeness (QED) is 0.479. The Kier molecular flexibility index (Phi) is 4.82. The monoisotopic (exact) mass is 417 g/mol. The van der Waals surface area contributed by atoms with Gasteiger partial charge in [-0.2, -0.15) is 10.3 Å². The molecule has 0 aliphatic heterocycles. The molecule has 0 spiro atoms. The molecule has 2 aromatic heterocycles. The summed E-state index contributed by atoms with van der Waals surface area (Å²) in [4.78, 5) is 17.1. The van der Waals surface area contributed by atoms with E-state index in [1.54, 1.807) is 42.5 Å². The second-order valence-electron chi connectivity index (χ2n) is 7.70. The zero-order valence-corrected chi connectivity index (χ0v) is 16.8. The Balaban J connectivity index is 1.33. The van der Waals surface area contributed by atoms with Crippen molar-refractivity contribution in [3.05, 3.63) is 66.0 Å². The summed E-state index contributed by atoms with van der Waals surface area (Å²) in [5, 5.41) is 13.2. The number of hydrogen-bond donors (Lipinski definition) is 2. The Morgan fingerprint density at radius 1 is 1.13 bits per heavy atom. The van der Waals surface area contributed by atoms with Crippen molar-refractivity contribution in [2.45, 2.75) is 25.9 Å². The van der Waals surface area contributed by atoms with E-state index in [4.69, 9.17) is 4.74 Å². The van der Waals surface area contributed by atoms with E-state index in [0.717, 1.165) is 5.75 Å². The van der Waals surface area contributed by atoms with Crippen LogP contribution in [0.25, 0.3) is 22.4 Å². The van der Waals surface area contributed by atoms with E-state index in [1.165, 1.54) is 25.0 Å². The molecule has 31 heavy (non-hydrogen) atoms. The van der Waals surface area contributed by atoms with Crippen LogP contribution in [0.15, 0.2) is 54.6 Å². The molecule has 4 aromatic rings. The van der Waals surface area contributed by atoms with E-state index in [1.807, 2.05) is 0 Å². The van der Waals surface area contributed by atoms with Crippen molar-refractivity contribution >= 4 is 22.8 Å². The Labute approximate surface area is 177 Å². The minimum atomic E-state index is -0.609. The van der Waals surface area contributed by atoms with Gasteiger partial charge in [0, 0.05) is 11.3 Å². The van der Waals surface area contributed by atoms with E-state index in [-0.39, 0.29) is 11.7 Å². The first-order valence-electron chi connectivity index (χ1n) is 10.1. The number of amides is 1. The number of fused-ring (bicyclic) bond motifs is 1. The number of anilines is 1. The van der Waals surface area contributed by atoms with Crippen molar-refractivity contribution in [1.82, 2.24) is 20.4 Å². The molecule has 2 N–H and O–H groups in total. The lowest BCUT2D eigenvalue weighted by Crippen LogP contribution is -2.15. The van der Waals surface area contributed by atoms with Crippen LogP contribution in [0.4, 0.5) is 10.1 Å². The maximum Gasteiger partial charge on any atom is 0.258 e. The first-order chi connectivity index (χ1) is 15.1. The number of carbonyl (C=O) groups is 1. The first-order valence-corrected chi connectivity index (χ1v) is 10.1. The molecular formula is C23H20FN5O2. The Hall–Kier alpha value is -3.81. The van der Waals surface area contributed by atoms with Gasteiger partial charge in [-0.05, 0) is 80.3 Å². The van der Waals surface area contributed by atoms with Crippen LogP contribution < -0.4 is 10.1 Å². The lowest BCUT2D eigenvalue weighted by molar-refractivity contribution is 0.102. The summed E-state index contributed by atoms with van der Waals surface area (Å²) < 4.78 is 20.3. The summed E-state index contributed by atoms with van der Waals surface area (Å²) in [7, 11) is 0. The van der Waals surface area contributed by atoms with Gasteiger partial charge in [0.2, 0.25) is 5.65 Å². The molecule has 1 fully saturated rings. The molecule has 1 saturated carbocycles. The molecule has 1 aliphatic carbocycles. The number of aromatic nitrogens is 4. The fourth-order valence-electron chi connectivity index (χ4n) is 3.45. The highest BCUT2D eigenvalue weighted by Gasteiger charge is 2.29. The first kappa shape index (κ1) is 19.2. The average molecular weight is 417 g/mol. The number of halogens is 1. The van der Waals surface area contributed by atoms with E-state index < -0.39 is 11.7 Å². The molecule has 0 saturated heterocycles. The van der Waals surface area contributed by atoms with Gasteiger partial charge in [-0.15, -0.1) is 5.10 Å². The van der Waals surface area contributed by atoms with E-state index in [9.17, 15) is 9.18 Å². The maximum atomic E-state index is 14.4. The third kappa shape index (κ3) is 4.09. The predicted octanol–water partition coefficient (Wildman–Crippen LogP) is 4.59. The third-order valence-corrected chi connectivity index (χ3v) is 5.41. The summed E-state index contributed by atoms with van der Waals surface area (Å²) in [6.45, 7) is 2.07. The summed E-state index contributed by atoms with van der Waals surface area (Å²) >= 11 is 0. The second-order valence-corrected chi connectivity index (χ2v) is 7.70. The van der Waals surface area contributed by atoms with Gasteiger partial charge in [-0.1, -0.05) is 0 Å². The summed E-state index contributed by atoms with van der Waals surface area (Å²) in [5.74, 6) is 0.234.